The minimum absolute atomic E-state index is 0.711. The molecule has 1 aromatic carbocycles. The third kappa shape index (κ3) is 5.53. The Hall–Kier alpha value is -0.530. The van der Waals surface area contributed by atoms with Crippen molar-refractivity contribution in [3.63, 3.8) is 0 Å². The highest BCUT2D eigenvalue weighted by molar-refractivity contribution is 6.30. The third-order valence-corrected chi connectivity index (χ3v) is 2.95. The van der Waals surface area contributed by atoms with Gasteiger partial charge in [0.25, 0.3) is 0 Å². The molecule has 0 fully saturated rings. The first-order valence-electron chi connectivity index (χ1n) is 6.17. The summed E-state index contributed by atoms with van der Waals surface area (Å²) in [7, 11) is 0. The van der Waals surface area contributed by atoms with Gasteiger partial charge in [-0.2, -0.15) is 0 Å². The standard InChI is InChI=1S/C14H22ClN/c1-3-8-16-9-7-12(2)10-13-5-4-6-14(15)11-13/h4-6,11-12,16H,3,7-10H2,1-2H3. The van der Waals surface area contributed by atoms with Gasteiger partial charge in [0.15, 0.2) is 0 Å². The molecule has 90 valence electrons. The fourth-order valence-corrected chi connectivity index (χ4v) is 2.03. The Labute approximate surface area is 104 Å². The lowest BCUT2D eigenvalue weighted by atomic mass is 9.98. The lowest BCUT2D eigenvalue weighted by molar-refractivity contribution is 0.498. The zero-order valence-electron chi connectivity index (χ0n) is 10.3. The Morgan fingerprint density at radius 1 is 1.31 bits per heavy atom. The molecule has 0 spiro atoms. The van der Waals surface area contributed by atoms with Gasteiger partial charge in [-0.1, -0.05) is 37.6 Å². The molecular formula is C14H22ClN. The molecule has 0 amide bonds. The quantitative estimate of drug-likeness (QED) is 0.712. The van der Waals surface area contributed by atoms with Gasteiger partial charge in [-0.25, -0.2) is 0 Å². The van der Waals surface area contributed by atoms with Gasteiger partial charge < -0.3 is 5.32 Å². The first kappa shape index (κ1) is 13.5. The highest BCUT2D eigenvalue weighted by Gasteiger charge is 2.03. The monoisotopic (exact) mass is 239 g/mol. The number of hydrogen-bond donors (Lipinski definition) is 1. The Balaban J connectivity index is 2.25. The predicted octanol–water partition coefficient (Wildman–Crippen LogP) is 3.91. The molecule has 16 heavy (non-hydrogen) atoms. The number of nitrogens with one attached hydrogen (secondary N) is 1. The molecule has 0 aromatic heterocycles. The van der Waals surface area contributed by atoms with Crippen molar-refractivity contribution >= 4 is 11.6 Å². The zero-order valence-corrected chi connectivity index (χ0v) is 11.1. The summed E-state index contributed by atoms with van der Waals surface area (Å²) in [5.41, 5.74) is 1.34. The molecule has 1 unspecified atom stereocenters. The van der Waals surface area contributed by atoms with Gasteiger partial charge >= 0.3 is 0 Å². The van der Waals surface area contributed by atoms with Gasteiger partial charge in [-0.3, -0.25) is 0 Å². The lowest BCUT2D eigenvalue weighted by Gasteiger charge is -2.12. The summed E-state index contributed by atoms with van der Waals surface area (Å²) in [6.45, 7) is 6.75. The van der Waals surface area contributed by atoms with Crippen molar-refractivity contribution in [2.45, 2.75) is 33.1 Å². The second-order valence-electron chi connectivity index (χ2n) is 4.48. The maximum Gasteiger partial charge on any atom is 0.0408 e. The summed E-state index contributed by atoms with van der Waals surface area (Å²) in [5, 5.41) is 4.28. The SMILES string of the molecule is CCCNCCC(C)Cc1cccc(Cl)c1. The first-order valence-corrected chi connectivity index (χ1v) is 6.55. The van der Waals surface area contributed by atoms with Crippen LogP contribution in [0.5, 0.6) is 0 Å². The van der Waals surface area contributed by atoms with E-state index in [4.69, 9.17) is 11.6 Å². The minimum Gasteiger partial charge on any atom is -0.317 e. The van der Waals surface area contributed by atoms with Gasteiger partial charge in [0, 0.05) is 5.02 Å². The highest BCUT2D eigenvalue weighted by Crippen LogP contribution is 2.15. The Morgan fingerprint density at radius 2 is 2.12 bits per heavy atom. The molecule has 0 aliphatic rings. The summed E-state index contributed by atoms with van der Waals surface area (Å²) in [6.07, 6.45) is 3.56. The summed E-state index contributed by atoms with van der Waals surface area (Å²) in [5.74, 6) is 0.711. The average Bonchev–Trinajstić information content (AvgIpc) is 2.24. The Kier molecular flexibility index (Phi) is 6.51. The van der Waals surface area contributed by atoms with Crippen molar-refractivity contribution in [1.82, 2.24) is 5.32 Å². The van der Waals surface area contributed by atoms with E-state index in [-0.39, 0.29) is 0 Å². The topological polar surface area (TPSA) is 12.0 Å². The van der Waals surface area contributed by atoms with E-state index in [1.807, 2.05) is 12.1 Å². The van der Waals surface area contributed by atoms with Crippen LogP contribution in [0, 0.1) is 5.92 Å². The van der Waals surface area contributed by atoms with Crippen LogP contribution in [0.1, 0.15) is 32.3 Å². The Morgan fingerprint density at radius 3 is 2.81 bits per heavy atom. The zero-order chi connectivity index (χ0) is 11.8. The summed E-state index contributed by atoms with van der Waals surface area (Å²) in [6, 6.07) is 8.18. The molecule has 1 N–H and O–H groups in total. The van der Waals surface area contributed by atoms with Crippen molar-refractivity contribution in [2.24, 2.45) is 5.92 Å². The number of rotatable bonds is 7. The third-order valence-electron chi connectivity index (χ3n) is 2.71. The maximum atomic E-state index is 5.96. The van der Waals surface area contributed by atoms with E-state index in [9.17, 15) is 0 Å². The van der Waals surface area contributed by atoms with E-state index < -0.39 is 0 Å². The van der Waals surface area contributed by atoms with E-state index in [2.05, 4.69) is 31.3 Å². The van der Waals surface area contributed by atoms with E-state index in [0.29, 0.717) is 5.92 Å². The molecule has 0 aliphatic heterocycles. The van der Waals surface area contributed by atoms with Crippen molar-refractivity contribution < 1.29 is 0 Å². The fourth-order valence-electron chi connectivity index (χ4n) is 1.82. The smallest absolute Gasteiger partial charge is 0.0408 e. The molecule has 0 heterocycles. The fraction of sp³-hybridized carbons (Fsp3) is 0.571. The highest BCUT2D eigenvalue weighted by atomic mass is 35.5. The number of halogens is 1. The first-order chi connectivity index (χ1) is 7.72. The summed E-state index contributed by atoms with van der Waals surface area (Å²) < 4.78 is 0. The Bertz CT molecular complexity index is 299. The van der Waals surface area contributed by atoms with E-state index in [1.54, 1.807) is 0 Å². The van der Waals surface area contributed by atoms with Gasteiger partial charge in [0.1, 0.15) is 0 Å². The van der Waals surface area contributed by atoms with Gasteiger partial charge in [-0.15, -0.1) is 0 Å². The van der Waals surface area contributed by atoms with Crippen LogP contribution in [-0.4, -0.2) is 13.1 Å². The molecule has 0 saturated carbocycles. The van der Waals surface area contributed by atoms with Crippen LogP contribution < -0.4 is 5.32 Å². The van der Waals surface area contributed by atoms with Gasteiger partial charge in [-0.05, 0) is 56.0 Å². The van der Waals surface area contributed by atoms with Crippen molar-refractivity contribution in [3.05, 3.63) is 34.9 Å². The van der Waals surface area contributed by atoms with Crippen LogP contribution in [0.4, 0.5) is 0 Å². The van der Waals surface area contributed by atoms with Gasteiger partial charge in [0.2, 0.25) is 0 Å². The van der Waals surface area contributed by atoms with Crippen molar-refractivity contribution in [2.75, 3.05) is 13.1 Å². The second-order valence-corrected chi connectivity index (χ2v) is 4.91. The van der Waals surface area contributed by atoms with Gasteiger partial charge in [0.05, 0.1) is 0 Å². The molecule has 0 saturated heterocycles. The van der Waals surface area contributed by atoms with Crippen LogP contribution in [0.25, 0.3) is 0 Å². The van der Waals surface area contributed by atoms with Crippen LogP contribution in [0.3, 0.4) is 0 Å². The molecule has 1 rings (SSSR count). The minimum atomic E-state index is 0.711. The molecule has 0 bridgehead atoms. The second kappa shape index (κ2) is 7.70. The lowest BCUT2D eigenvalue weighted by Crippen LogP contribution is -2.18. The van der Waals surface area contributed by atoms with Crippen LogP contribution in [0.2, 0.25) is 5.02 Å². The van der Waals surface area contributed by atoms with E-state index in [0.717, 1.165) is 24.5 Å². The molecular weight excluding hydrogens is 218 g/mol. The van der Waals surface area contributed by atoms with Crippen LogP contribution >= 0.6 is 11.6 Å². The van der Waals surface area contributed by atoms with E-state index >= 15 is 0 Å². The summed E-state index contributed by atoms with van der Waals surface area (Å²) >= 11 is 5.96. The molecule has 2 heteroatoms. The molecule has 0 aliphatic carbocycles. The maximum absolute atomic E-state index is 5.96. The molecule has 1 nitrogen and oxygen atoms in total. The predicted molar refractivity (Wildman–Crippen MR) is 72.1 cm³/mol. The average molecular weight is 240 g/mol. The van der Waals surface area contributed by atoms with Crippen molar-refractivity contribution in [1.29, 1.82) is 0 Å². The molecule has 1 aromatic rings. The number of benzene rings is 1. The van der Waals surface area contributed by atoms with E-state index in [1.165, 1.54) is 18.4 Å². The van der Waals surface area contributed by atoms with Crippen LogP contribution in [0.15, 0.2) is 24.3 Å². The molecule has 1 atom stereocenters. The number of hydrogen-bond acceptors (Lipinski definition) is 1. The normalized spacial score (nSPS) is 12.7. The van der Waals surface area contributed by atoms with Crippen LogP contribution in [-0.2, 0) is 6.42 Å². The molecule has 0 radical (unpaired) electrons. The largest absolute Gasteiger partial charge is 0.317 e. The van der Waals surface area contributed by atoms with Crippen molar-refractivity contribution in [3.8, 4) is 0 Å². The summed E-state index contributed by atoms with van der Waals surface area (Å²) in [4.78, 5) is 0.